The van der Waals surface area contributed by atoms with Crippen LogP contribution in [0.4, 0.5) is 0 Å². The lowest BCUT2D eigenvalue weighted by Crippen LogP contribution is -2.02. The molecule has 0 aromatic heterocycles. The number of carbonyl (C=O) groups excluding carboxylic acids is 1. The van der Waals surface area contributed by atoms with Gasteiger partial charge in [0.15, 0.2) is 5.78 Å². The van der Waals surface area contributed by atoms with E-state index < -0.39 is 0 Å². The van der Waals surface area contributed by atoms with E-state index in [1.807, 2.05) is 37.3 Å². The minimum atomic E-state index is -0.0258. The van der Waals surface area contributed by atoms with Crippen LogP contribution in [-0.2, 0) is 0 Å². The molecule has 0 saturated carbocycles. The SMILES string of the molecule is COc1ccc(C2=C(C)c3cc(OC)cc(OC)c3C2=O)cc1. The Morgan fingerprint density at radius 1 is 0.826 bits per heavy atom. The molecule has 3 rings (SSSR count). The van der Waals surface area contributed by atoms with E-state index in [1.165, 1.54) is 0 Å². The van der Waals surface area contributed by atoms with Gasteiger partial charge in [-0.05, 0) is 41.8 Å². The molecule has 0 fully saturated rings. The Balaban J connectivity index is 2.15. The summed E-state index contributed by atoms with van der Waals surface area (Å²) in [6, 6.07) is 11.1. The van der Waals surface area contributed by atoms with E-state index in [1.54, 1.807) is 27.4 Å². The van der Waals surface area contributed by atoms with Gasteiger partial charge in [-0.3, -0.25) is 4.79 Å². The Bertz CT molecular complexity index is 801. The Hall–Kier alpha value is -2.75. The first-order valence-corrected chi connectivity index (χ1v) is 7.27. The summed E-state index contributed by atoms with van der Waals surface area (Å²) >= 11 is 0. The summed E-state index contributed by atoms with van der Waals surface area (Å²) < 4.78 is 15.9. The van der Waals surface area contributed by atoms with Crippen LogP contribution in [0.1, 0.15) is 28.4 Å². The van der Waals surface area contributed by atoms with E-state index in [0.717, 1.165) is 22.4 Å². The van der Waals surface area contributed by atoms with Crippen molar-refractivity contribution < 1.29 is 19.0 Å². The number of fused-ring (bicyclic) bond motifs is 1. The molecule has 0 unspecified atom stereocenters. The van der Waals surface area contributed by atoms with Crippen molar-refractivity contribution in [1.82, 2.24) is 0 Å². The van der Waals surface area contributed by atoms with Crippen LogP contribution in [0.15, 0.2) is 36.4 Å². The van der Waals surface area contributed by atoms with Crippen molar-refractivity contribution >= 4 is 16.9 Å². The van der Waals surface area contributed by atoms with Crippen LogP contribution in [0, 0.1) is 0 Å². The van der Waals surface area contributed by atoms with Gasteiger partial charge in [-0.25, -0.2) is 0 Å². The molecule has 0 bridgehead atoms. The number of benzene rings is 2. The predicted octanol–water partition coefficient (Wildman–Crippen LogP) is 3.84. The van der Waals surface area contributed by atoms with Gasteiger partial charge in [0.25, 0.3) is 0 Å². The van der Waals surface area contributed by atoms with E-state index in [9.17, 15) is 4.79 Å². The highest BCUT2D eigenvalue weighted by Crippen LogP contribution is 2.44. The normalized spacial score (nSPS) is 13.1. The van der Waals surface area contributed by atoms with Crippen LogP contribution in [0.2, 0.25) is 0 Å². The molecule has 4 nitrogen and oxygen atoms in total. The summed E-state index contributed by atoms with van der Waals surface area (Å²) in [7, 11) is 4.78. The molecule has 118 valence electrons. The Morgan fingerprint density at radius 3 is 2.04 bits per heavy atom. The molecule has 0 radical (unpaired) electrons. The quantitative estimate of drug-likeness (QED) is 0.860. The predicted molar refractivity (Wildman–Crippen MR) is 89.4 cm³/mol. The zero-order valence-electron chi connectivity index (χ0n) is 13.6. The maximum absolute atomic E-state index is 12.9. The van der Waals surface area contributed by atoms with Crippen LogP contribution in [0.3, 0.4) is 0 Å². The fourth-order valence-electron chi connectivity index (χ4n) is 2.93. The van der Waals surface area contributed by atoms with Crippen molar-refractivity contribution in [3.8, 4) is 17.2 Å². The first-order chi connectivity index (χ1) is 11.1. The molecule has 1 aliphatic carbocycles. The molecule has 0 amide bonds. The van der Waals surface area contributed by atoms with Crippen molar-refractivity contribution in [3.05, 3.63) is 53.1 Å². The number of ether oxygens (including phenoxy) is 3. The van der Waals surface area contributed by atoms with Crippen LogP contribution in [0.5, 0.6) is 17.2 Å². The number of methoxy groups -OCH3 is 3. The zero-order chi connectivity index (χ0) is 16.6. The van der Waals surface area contributed by atoms with Gasteiger partial charge < -0.3 is 14.2 Å². The molecule has 2 aromatic rings. The lowest BCUT2D eigenvalue weighted by atomic mass is 10.0. The van der Waals surface area contributed by atoms with Crippen molar-refractivity contribution in [2.75, 3.05) is 21.3 Å². The molecule has 0 atom stereocenters. The smallest absolute Gasteiger partial charge is 0.198 e. The number of hydrogen-bond acceptors (Lipinski definition) is 4. The van der Waals surface area contributed by atoms with Crippen molar-refractivity contribution in [2.45, 2.75) is 6.92 Å². The number of hydrogen-bond donors (Lipinski definition) is 0. The third kappa shape index (κ3) is 2.36. The molecule has 0 spiro atoms. The summed E-state index contributed by atoms with van der Waals surface area (Å²) in [5.74, 6) is 1.94. The highest BCUT2D eigenvalue weighted by atomic mass is 16.5. The summed E-state index contributed by atoms with van der Waals surface area (Å²) in [5, 5.41) is 0. The van der Waals surface area contributed by atoms with E-state index in [-0.39, 0.29) is 5.78 Å². The minimum Gasteiger partial charge on any atom is -0.497 e. The van der Waals surface area contributed by atoms with Crippen molar-refractivity contribution in [3.63, 3.8) is 0 Å². The first-order valence-electron chi connectivity index (χ1n) is 7.27. The second-order valence-corrected chi connectivity index (χ2v) is 5.31. The highest BCUT2D eigenvalue weighted by Gasteiger charge is 2.32. The third-order valence-electron chi connectivity index (χ3n) is 4.14. The van der Waals surface area contributed by atoms with Gasteiger partial charge in [-0.15, -0.1) is 0 Å². The van der Waals surface area contributed by atoms with E-state index in [4.69, 9.17) is 14.2 Å². The number of ketones is 1. The van der Waals surface area contributed by atoms with Gasteiger partial charge in [0.2, 0.25) is 0 Å². The van der Waals surface area contributed by atoms with Gasteiger partial charge in [-0.2, -0.15) is 0 Å². The van der Waals surface area contributed by atoms with E-state index in [2.05, 4.69) is 0 Å². The third-order valence-corrected chi connectivity index (χ3v) is 4.14. The van der Waals surface area contributed by atoms with Crippen LogP contribution >= 0.6 is 0 Å². The minimum absolute atomic E-state index is 0.0258. The summed E-state index contributed by atoms with van der Waals surface area (Å²) in [6.07, 6.45) is 0. The van der Waals surface area contributed by atoms with Gasteiger partial charge in [-0.1, -0.05) is 12.1 Å². The molecule has 4 heteroatoms. The second kappa shape index (κ2) is 5.80. The summed E-state index contributed by atoms with van der Waals surface area (Å²) in [5.41, 5.74) is 3.93. The monoisotopic (exact) mass is 310 g/mol. The highest BCUT2D eigenvalue weighted by molar-refractivity contribution is 6.40. The maximum atomic E-state index is 12.9. The Morgan fingerprint density at radius 2 is 1.48 bits per heavy atom. The summed E-state index contributed by atoms with van der Waals surface area (Å²) in [4.78, 5) is 12.9. The molecule has 2 aromatic carbocycles. The van der Waals surface area contributed by atoms with E-state index >= 15 is 0 Å². The molecule has 0 saturated heterocycles. The average Bonchev–Trinajstić information content (AvgIpc) is 2.85. The maximum Gasteiger partial charge on any atom is 0.198 e. The number of Topliss-reactive ketones (excluding diaryl/α,β-unsaturated/α-hetero) is 1. The topological polar surface area (TPSA) is 44.8 Å². The van der Waals surface area contributed by atoms with Gasteiger partial charge in [0.05, 0.1) is 26.9 Å². The average molecular weight is 310 g/mol. The van der Waals surface area contributed by atoms with Crippen molar-refractivity contribution in [1.29, 1.82) is 0 Å². The fourth-order valence-corrected chi connectivity index (χ4v) is 2.93. The number of rotatable bonds is 4. The standard InChI is InChI=1S/C19H18O4/c1-11-15-9-14(22-3)10-16(23-4)18(15)19(20)17(11)12-5-7-13(21-2)8-6-12/h5-10H,1-4H3. The summed E-state index contributed by atoms with van der Waals surface area (Å²) in [6.45, 7) is 1.95. The lowest BCUT2D eigenvalue weighted by molar-refractivity contribution is 0.105. The molecule has 0 N–H and O–H groups in total. The molecule has 23 heavy (non-hydrogen) atoms. The van der Waals surface area contributed by atoms with E-state index in [0.29, 0.717) is 22.6 Å². The molecule has 0 aliphatic heterocycles. The second-order valence-electron chi connectivity index (χ2n) is 5.31. The van der Waals surface area contributed by atoms with Gasteiger partial charge >= 0.3 is 0 Å². The van der Waals surface area contributed by atoms with Crippen LogP contribution < -0.4 is 14.2 Å². The molecule has 0 heterocycles. The van der Waals surface area contributed by atoms with Crippen LogP contribution in [-0.4, -0.2) is 27.1 Å². The number of carbonyl (C=O) groups is 1. The van der Waals surface area contributed by atoms with Gasteiger partial charge in [0.1, 0.15) is 17.2 Å². The lowest BCUT2D eigenvalue weighted by Gasteiger charge is -2.10. The molecular formula is C19H18O4. The first kappa shape index (κ1) is 15.2. The largest absolute Gasteiger partial charge is 0.497 e. The number of allylic oxidation sites excluding steroid dienone is 2. The van der Waals surface area contributed by atoms with Crippen LogP contribution in [0.25, 0.3) is 11.1 Å². The molecule has 1 aliphatic rings. The Kier molecular flexibility index (Phi) is 3.82. The molecular weight excluding hydrogens is 292 g/mol. The Labute approximate surface area is 135 Å². The zero-order valence-corrected chi connectivity index (χ0v) is 13.6. The fraction of sp³-hybridized carbons (Fsp3) is 0.211. The van der Waals surface area contributed by atoms with Crippen molar-refractivity contribution in [2.24, 2.45) is 0 Å². The van der Waals surface area contributed by atoms with Gasteiger partial charge in [0, 0.05) is 11.6 Å².